The van der Waals surface area contributed by atoms with Crippen molar-refractivity contribution in [3.63, 3.8) is 0 Å². The van der Waals surface area contributed by atoms with Gasteiger partial charge in [-0.2, -0.15) is 5.10 Å². The Morgan fingerprint density at radius 3 is 2.53 bits per heavy atom. The molecule has 3 N–H and O–H groups in total. The van der Waals surface area contributed by atoms with Gasteiger partial charge in [-0.3, -0.25) is 9.59 Å². The molecule has 7 nitrogen and oxygen atoms in total. The topological polar surface area (TPSA) is 104 Å². The average Bonchev–Trinajstić information content (AvgIpc) is 3.20. The molecular weight excluding hydrogens is 430 g/mol. The highest BCUT2D eigenvalue weighted by atomic mass is 16.4. The minimum atomic E-state index is -0.380. The molecule has 0 bridgehead atoms. The van der Waals surface area contributed by atoms with E-state index in [1.165, 1.54) is 24.3 Å². The minimum Gasteiger partial charge on any atom is -0.508 e. The fourth-order valence-electron chi connectivity index (χ4n) is 4.31. The first-order chi connectivity index (χ1) is 16.5. The van der Waals surface area contributed by atoms with E-state index >= 15 is 0 Å². The zero-order chi connectivity index (χ0) is 23.7. The predicted molar refractivity (Wildman–Crippen MR) is 130 cm³/mol. The first kappa shape index (κ1) is 21.5. The van der Waals surface area contributed by atoms with Crippen molar-refractivity contribution in [2.75, 3.05) is 5.32 Å². The van der Waals surface area contributed by atoms with E-state index in [1.54, 1.807) is 0 Å². The summed E-state index contributed by atoms with van der Waals surface area (Å²) in [6, 6.07) is 19.6. The molecule has 3 aromatic carbocycles. The Balaban J connectivity index is 1.40. The van der Waals surface area contributed by atoms with Gasteiger partial charge in [0.1, 0.15) is 11.5 Å². The van der Waals surface area contributed by atoms with Crippen LogP contribution in [0.5, 0.6) is 5.75 Å². The molecule has 4 aromatic rings. The van der Waals surface area contributed by atoms with E-state index in [-0.39, 0.29) is 23.3 Å². The summed E-state index contributed by atoms with van der Waals surface area (Å²) in [6.45, 7) is 1.84. The van der Waals surface area contributed by atoms with Gasteiger partial charge in [0.05, 0.1) is 5.71 Å². The summed E-state index contributed by atoms with van der Waals surface area (Å²) in [5, 5.41) is 18.7. The van der Waals surface area contributed by atoms with Gasteiger partial charge in [0.25, 0.3) is 11.8 Å². The van der Waals surface area contributed by atoms with E-state index in [9.17, 15) is 14.7 Å². The number of phenolic OH excluding ortho intramolecular Hbond substituents is 1. The fourth-order valence-corrected chi connectivity index (χ4v) is 4.31. The van der Waals surface area contributed by atoms with Gasteiger partial charge in [-0.15, -0.1) is 0 Å². The molecule has 0 unspecified atom stereocenters. The van der Waals surface area contributed by atoms with Crippen LogP contribution < -0.4 is 10.7 Å². The van der Waals surface area contributed by atoms with Crippen molar-refractivity contribution in [3.8, 4) is 5.75 Å². The van der Waals surface area contributed by atoms with Crippen LogP contribution in [-0.2, 0) is 6.42 Å². The van der Waals surface area contributed by atoms with Crippen LogP contribution in [0.2, 0.25) is 0 Å². The summed E-state index contributed by atoms with van der Waals surface area (Å²) in [5.74, 6) is 0.329. The van der Waals surface area contributed by atoms with Gasteiger partial charge in [-0.1, -0.05) is 36.4 Å². The quantitative estimate of drug-likeness (QED) is 0.371. The van der Waals surface area contributed by atoms with Crippen LogP contribution in [-0.4, -0.2) is 22.6 Å². The van der Waals surface area contributed by atoms with Crippen LogP contribution in [0.3, 0.4) is 0 Å². The zero-order valence-electron chi connectivity index (χ0n) is 18.6. The number of carbonyl (C=O) groups is 2. The van der Waals surface area contributed by atoms with Crippen LogP contribution in [0.1, 0.15) is 50.6 Å². The molecule has 170 valence electrons. The van der Waals surface area contributed by atoms with E-state index in [0.717, 1.165) is 22.8 Å². The number of hydrogen-bond donors (Lipinski definition) is 3. The summed E-state index contributed by atoms with van der Waals surface area (Å²) in [4.78, 5) is 25.6. The van der Waals surface area contributed by atoms with Crippen molar-refractivity contribution in [2.45, 2.75) is 26.2 Å². The maximum absolute atomic E-state index is 13.1. The zero-order valence-corrected chi connectivity index (χ0v) is 18.6. The molecule has 1 heterocycles. The predicted octanol–water partition coefficient (Wildman–Crippen LogP) is 5.17. The fraction of sp³-hybridized carbons (Fsp3) is 0.148. The molecule has 0 saturated heterocycles. The van der Waals surface area contributed by atoms with E-state index in [2.05, 4.69) is 15.8 Å². The van der Waals surface area contributed by atoms with Crippen LogP contribution in [0.15, 0.2) is 76.2 Å². The van der Waals surface area contributed by atoms with E-state index in [4.69, 9.17) is 4.42 Å². The number of carbonyl (C=O) groups excluding carboxylic acids is 2. The van der Waals surface area contributed by atoms with Crippen molar-refractivity contribution >= 4 is 34.0 Å². The number of fused-ring (bicyclic) bond motifs is 2. The molecule has 1 aliphatic carbocycles. The SMILES string of the molecule is Cc1c(C(=O)Nc2cccc3ccccc23)oc2c1/C(=N/NC(=O)c1ccc(O)cc1)CCC2. The normalized spacial score (nSPS) is 14.1. The number of hydrogen-bond acceptors (Lipinski definition) is 5. The maximum Gasteiger partial charge on any atom is 0.291 e. The lowest BCUT2D eigenvalue weighted by Gasteiger charge is -2.13. The Labute approximate surface area is 196 Å². The lowest BCUT2D eigenvalue weighted by atomic mass is 9.93. The van der Waals surface area contributed by atoms with Crippen molar-refractivity contribution in [3.05, 3.63) is 94.9 Å². The number of nitrogens with one attached hydrogen (secondary N) is 2. The van der Waals surface area contributed by atoms with Crippen molar-refractivity contribution in [1.29, 1.82) is 0 Å². The summed E-state index contributed by atoms with van der Waals surface area (Å²) in [5.41, 5.74) is 5.84. The molecule has 5 rings (SSSR count). The highest BCUT2D eigenvalue weighted by Crippen LogP contribution is 2.31. The number of rotatable bonds is 4. The second-order valence-electron chi connectivity index (χ2n) is 8.24. The molecule has 0 fully saturated rings. The number of anilines is 1. The standard InChI is InChI=1S/C27H23N3O4/c1-16-24-22(29-30-26(32)18-12-14-19(31)15-13-18)10-5-11-23(24)34-25(16)27(33)28-21-9-4-7-17-6-2-3-8-20(17)21/h2-4,6-9,12-15,31H,5,10-11H2,1H3,(H,28,33)(H,30,32)/b29-22+. The minimum absolute atomic E-state index is 0.0862. The maximum atomic E-state index is 13.1. The Hall–Kier alpha value is -4.39. The summed E-state index contributed by atoms with van der Waals surface area (Å²) in [6.07, 6.45) is 2.16. The Bertz CT molecular complexity index is 1430. The average molecular weight is 453 g/mol. The van der Waals surface area contributed by atoms with Crippen LogP contribution in [0, 0.1) is 6.92 Å². The Morgan fingerprint density at radius 2 is 1.71 bits per heavy atom. The van der Waals surface area contributed by atoms with Gasteiger partial charge >= 0.3 is 0 Å². The second kappa shape index (κ2) is 8.86. The van der Waals surface area contributed by atoms with Crippen molar-refractivity contribution in [2.24, 2.45) is 5.10 Å². The van der Waals surface area contributed by atoms with Crippen molar-refractivity contribution in [1.82, 2.24) is 5.43 Å². The number of amides is 2. The molecule has 7 heteroatoms. The van der Waals surface area contributed by atoms with Gasteiger partial charge in [-0.05, 0) is 55.5 Å². The molecule has 0 atom stereocenters. The largest absolute Gasteiger partial charge is 0.508 e. The van der Waals surface area contributed by atoms with Gasteiger partial charge in [-0.25, -0.2) is 5.43 Å². The lowest BCUT2D eigenvalue weighted by molar-refractivity contribution is 0.0953. The number of phenols is 1. The highest BCUT2D eigenvalue weighted by molar-refractivity contribution is 6.11. The Kier molecular flexibility index (Phi) is 5.59. The molecule has 2 amide bonds. The smallest absolute Gasteiger partial charge is 0.291 e. The first-order valence-electron chi connectivity index (χ1n) is 11.1. The number of furan rings is 1. The van der Waals surface area contributed by atoms with Gasteiger partial charge in [0, 0.05) is 34.2 Å². The molecular formula is C27H23N3O4. The van der Waals surface area contributed by atoms with Crippen LogP contribution in [0.25, 0.3) is 10.8 Å². The molecule has 0 spiro atoms. The molecule has 0 aliphatic heterocycles. The van der Waals surface area contributed by atoms with E-state index < -0.39 is 0 Å². The molecule has 0 radical (unpaired) electrons. The molecule has 1 aliphatic rings. The van der Waals surface area contributed by atoms with Crippen LogP contribution >= 0.6 is 0 Å². The summed E-state index contributed by atoms with van der Waals surface area (Å²) < 4.78 is 5.98. The number of aryl methyl sites for hydroxylation is 1. The first-order valence-corrected chi connectivity index (χ1v) is 11.1. The van der Waals surface area contributed by atoms with Crippen LogP contribution in [0.4, 0.5) is 5.69 Å². The summed E-state index contributed by atoms with van der Waals surface area (Å²) >= 11 is 0. The van der Waals surface area contributed by atoms with Gasteiger partial charge in [0.2, 0.25) is 0 Å². The van der Waals surface area contributed by atoms with E-state index in [1.807, 2.05) is 49.4 Å². The summed E-state index contributed by atoms with van der Waals surface area (Å²) in [7, 11) is 0. The van der Waals surface area contributed by atoms with Gasteiger partial charge in [0.15, 0.2) is 5.76 Å². The lowest BCUT2D eigenvalue weighted by Crippen LogP contribution is -2.22. The number of hydrazone groups is 1. The third-order valence-corrected chi connectivity index (χ3v) is 5.99. The van der Waals surface area contributed by atoms with Gasteiger partial charge < -0.3 is 14.8 Å². The van der Waals surface area contributed by atoms with Crippen molar-refractivity contribution < 1.29 is 19.1 Å². The second-order valence-corrected chi connectivity index (χ2v) is 8.24. The molecule has 34 heavy (non-hydrogen) atoms. The highest BCUT2D eigenvalue weighted by Gasteiger charge is 2.28. The third kappa shape index (κ3) is 4.03. The monoisotopic (exact) mass is 453 g/mol. The molecule has 0 saturated carbocycles. The molecule has 1 aromatic heterocycles. The Morgan fingerprint density at radius 1 is 0.941 bits per heavy atom. The number of benzene rings is 3. The third-order valence-electron chi connectivity index (χ3n) is 5.99. The van der Waals surface area contributed by atoms with E-state index in [0.29, 0.717) is 41.1 Å². The number of nitrogens with zero attached hydrogens (tertiary/aromatic N) is 1. The number of aromatic hydroxyl groups is 1.